The van der Waals surface area contributed by atoms with Gasteiger partial charge in [-0.05, 0) is 37.5 Å². The molecule has 0 aliphatic carbocycles. The van der Waals surface area contributed by atoms with E-state index in [9.17, 15) is 4.79 Å². The number of benzene rings is 1. The minimum Gasteiger partial charge on any atom is -0.471 e. The van der Waals surface area contributed by atoms with Crippen LogP contribution in [0.15, 0.2) is 43.0 Å². The molecule has 0 radical (unpaired) electrons. The van der Waals surface area contributed by atoms with Crippen molar-refractivity contribution in [3.63, 3.8) is 0 Å². The van der Waals surface area contributed by atoms with E-state index in [1.54, 1.807) is 18.5 Å². The van der Waals surface area contributed by atoms with Crippen LogP contribution in [-0.2, 0) is 4.79 Å². The number of amides is 1. The summed E-state index contributed by atoms with van der Waals surface area (Å²) in [4.78, 5) is 29.8. The highest BCUT2D eigenvalue weighted by atomic mass is 35.5. The van der Waals surface area contributed by atoms with Crippen LogP contribution in [0, 0.1) is 5.41 Å². The number of halogens is 2. The second kappa shape index (κ2) is 9.68. The summed E-state index contributed by atoms with van der Waals surface area (Å²) in [5.74, 6) is 1.46. The van der Waals surface area contributed by atoms with Gasteiger partial charge in [0, 0.05) is 68.0 Å². The lowest BCUT2D eigenvalue weighted by Gasteiger charge is -2.37. The summed E-state index contributed by atoms with van der Waals surface area (Å²) >= 11 is 12.5. The molecule has 2 aliphatic rings. The average Bonchev–Trinajstić information content (AvgIpc) is 3.46. The number of aromatic nitrogens is 5. The van der Waals surface area contributed by atoms with Gasteiger partial charge in [0.2, 0.25) is 11.9 Å². The van der Waals surface area contributed by atoms with E-state index >= 15 is 0 Å². The molecule has 0 saturated carbocycles. The normalized spacial score (nSPS) is 17.9. The van der Waals surface area contributed by atoms with Gasteiger partial charge in [-0.25, -0.2) is 9.97 Å². The van der Waals surface area contributed by atoms with Gasteiger partial charge in [0.15, 0.2) is 6.23 Å². The summed E-state index contributed by atoms with van der Waals surface area (Å²) in [6.07, 6.45) is 8.19. The van der Waals surface area contributed by atoms with E-state index < -0.39 is 6.23 Å². The number of fused-ring (bicyclic) bond motifs is 1. The van der Waals surface area contributed by atoms with Crippen LogP contribution in [-0.4, -0.2) is 62.6 Å². The van der Waals surface area contributed by atoms with E-state index in [4.69, 9.17) is 33.7 Å². The van der Waals surface area contributed by atoms with Gasteiger partial charge in [0.1, 0.15) is 11.4 Å². The predicted molar refractivity (Wildman–Crippen MR) is 145 cm³/mol. The zero-order chi connectivity index (χ0) is 26.4. The second-order valence-electron chi connectivity index (χ2n) is 9.85. The first-order valence-electron chi connectivity index (χ1n) is 12.4. The topological polar surface area (TPSA) is 126 Å². The monoisotopic (exact) mass is 552 g/mol. The van der Waals surface area contributed by atoms with Crippen molar-refractivity contribution in [1.82, 2.24) is 30.0 Å². The zero-order valence-electron chi connectivity index (χ0n) is 20.7. The van der Waals surface area contributed by atoms with Crippen LogP contribution in [0.2, 0.25) is 10.0 Å². The SMILES string of the molecule is CN1CCC2(CCN(c3ncc(-c4n[nH]c5ccc(O[C@H](N)c6c(Cl)cncc6Cl)cc45)cn3)CC2)C1=O. The Morgan fingerprint density at radius 1 is 1.05 bits per heavy atom. The number of aromatic amines is 1. The molecule has 196 valence electrons. The Hall–Kier alpha value is -3.47. The standard InChI is InChI=1S/C26H26Cl2N8O2/c1-35-7-4-26(24(35)37)5-8-36(9-6-26)25-31-11-15(12-32-25)22-17-10-16(2-3-20(17)33-34-22)38-23(29)21-18(27)13-30-14-19(21)28/h2-3,10-14,23H,4-9,29H2,1H3,(H,33,34)/t23-/m0/s1. The molecule has 1 amide bonds. The summed E-state index contributed by atoms with van der Waals surface area (Å²) in [7, 11) is 1.89. The molecule has 0 bridgehead atoms. The van der Waals surface area contributed by atoms with Crippen molar-refractivity contribution in [1.29, 1.82) is 0 Å². The van der Waals surface area contributed by atoms with Gasteiger partial charge in [-0.15, -0.1) is 0 Å². The van der Waals surface area contributed by atoms with Crippen molar-refractivity contribution in [2.45, 2.75) is 25.5 Å². The zero-order valence-corrected chi connectivity index (χ0v) is 22.2. The van der Waals surface area contributed by atoms with Crippen molar-refractivity contribution < 1.29 is 9.53 Å². The van der Waals surface area contributed by atoms with Gasteiger partial charge >= 0.3 is 0 Å². The summed E-state index contributed by atoms with van der Waals surface area (Å²) < 4.78 is 5.96. The van der Waals surface area contributed by atoms with Crippen LogP contribution in [0.1, 0.15) is 31.1 Å². The molecule has 12 heteroatoms. The number of ether oxygens (including phenoxy) is 1. The van der Waals surface area contributed by atoms with E-state index in [-0.39, 0.29) is 11.3 Å². The molecule has 38 heavy (non-hydrogen) atoms. The highest BCUT2D eigenvalue weighted by molar-refractivity contribution is 6.35. The van der Waals surface area contributed by atoms with Crippen molar-refractivity contribution in [3.8, 4) is 17.0 Å². The van der Waals surface area contributed by atoms with Gasteiger partial charge in [0.05, 0.1) is 21.0 Å². The fourth-order valence-corrected chi connectivity index (χ4v) is 5.97. The van der Waals surface area contributed by atoms with Gasteiger partial charge in [0.25, 0.3) is 0 Å². The number of pyridine rings is 1. The van der Waals surface area contributed by atoms with Crippen LogP contribution in [0.3, 0.4) is 0 Å². The molecule has 5 heterocycles. The van der Waals surface area contributed by atoms with Crippen LogP contribution < -0.4 is 15.4 Å². The molecule has 4 aromatic rings. The number of piperidine rings is 1. The lowest BCUT2D eigenvalue weighted by Crippen LogP contribution is -2.44. The number of hydrogen-bond acceptors (Lipinski definition) is 8. The molecule has 2 aliphatic heterocycles. The van der Waals surface area contributed by atoms with E-state index in [0.717, 1.165) is 55.4 Å². The fourth-order valence-electron chi connectivity index (χ4n) is 5.39. The lowest BCUT2D eigenvalue weighted by molar-refractivity contribution is -0.135. The van der Waals surface area contributed by atoms with Gasteiger partial charge in [-0.1, -0.05) is 23.2 Å². The first kappa shape index (κ1) is 24.8. The number of carbonyl (C=O) groups excluding carboxylic acids is 1. The Morgan fingerprint density at radius 3 is 2.39 bits per heavy atom. The molecule has 2 fully saturated rings. The summed E-state index contributed by atoms with van der Waals surface area (Å²) in [5.41, 5.74) is 8.80. The summed E-state index contributed by atoms with van der Waals surface area (Å²) in [5, 5.41) is 9.02. The maximum absolute atomic E-state index is 12.6. The van der Waals surface area contributed by atoms with Crippen LogP contribution in [0.25, 0.3) is 22.2 Å². The number of hydrogen-bond donors (Lipinski definition) is 2. The third-order valence-electron chi connectivity index (χ3n) is 7.61. The molecule has 1 spiro atoms. The third kappa shape index (κ3) is 4.32. The Balaban J connectivity index is 1.19. The fraction of sp³-hybridized carbons (Fsp3) is 0.346. The minimum absolute atomic E-state index is 0.213. The highest BCUT2D eigenvalue weighted by Crippen LogP contribution is 2.41. The number of H-pyrrole nitrogens is 1. The molecular formula is C26H26Cl2N8O2. The summed E-state index contributed by atoms with van der Waals surface area (Å²) in [6.45, 7) is 2.36. The lowest BCUT2D eigenvalue weighted by atomic mass is 9.77. The number of nitrogens with two attached hydrogens (primary N) is 1. The maximum atomic E-state index is 12.6. The molecule has 6 rings (SSSR count). The first-order chi connectivity index (χ1) is 18.3. The Kier molecular flexibility index (Phi) is 6.33. The van der Waals surface area contributed by atoms with Crippen molar-refractivity contribution >= 4 is 46.0 Å². The number of rotatable bonds is 5. The maximum Gasteiger partial charge on any atom is 0.228 e. The molecule has 1 atom stereocenters. The van der Waals surface area contributed by atoms with Crippen molar-refractivity contribution in [3.05, 3.63) is 58.6 Å². The molecule has 3 aromatic heterocycles. The minimum atomic E-state index is -0.878. The Bertz CT molecular complexity index is 1480. The molecule has 0 unspecified atom stereocenters. The molecule has 1 aromatic carbocycles. The number of anilines is 1. The average molecular weight is 553 g/mol. The highest BCUT2D eigenvalue weighted by Gasteiger charge is 2.47. The van der Waals surface area contributed by atoms with E-state index in [1.807, 2.05) is 24.1 Å². The summed E-state index contributed by atoms with van der Waals surface area (Å²) in [6, 6.07) is 5.51. The van der Waals surface area contributed by atoms with Crippen LogP contribution in [0.5, 0.6) is 5.75 Å². The van der Waals surface area contributed by atoms with Crippen molar-refractivity contribution in [2.75, 3.05) is 31.6 Å². The first-order valence-corrected chi connectivity index (χ1v) is 13.1. The van der Waals surface area contributed by atoms with Gasteiger partial charge in [-0.3, -0.25) is 20.6 Å². The second-order valence-corrected chi connectivity index (χ2v) is 10.7. The van der Waals surface area contributed by atoms with Crippen molar-refractivity contribution in [2.24, 2.45) is 11.1 Å². The van der Waals surface area contributed by atoms with Crippen LogP contribution in [0.4, 0.5) is 5.95 Å². The Morgan fingerprint density at radius 2 is 1.74 bits per heavy atom. The third-order valence-corrected chi connectivity index (χ3v) is 8.22. The largest absolute Gasteiger partial charge is 0.471 e. The quantitative estimate of drug-likeness (QED) is 0.352. The van der Waals surface area contributed by atoms with Gasteiger partial charge < -0.3 is 14.5 Å². The smallest absolute Gasteiger partial charge is 0.228 e. The number of nitrogens with one attached hydrogen (secondary N) is 1. The van der Waals surface area contributed by atoms with E-state index in [1.165, 1.54) is 12.4 Å². The van der Waals surface area contributed by atoms with Gasteiger partial charge in [-0.2, -0.15) is 5.10 Å². The number of likely N-dealkylation sites (tertiary alicyclic amines) is 1. The Labute approximate surface area is 229 Å². The number of carbonyl (C=O) groups is 1. The van der Waals surface area contributed by atoms with Crippen LogP contribution >= 0.6 is 23.2 Å². The molecule has 2 saturated heterocycles. The molecule has 10 nitrogen and oxygen atoms in total. The van der Waals surface area contributed by atoms with E-state index in [2.05, 4.69) is 30.0 Å². The van der Waals surface area contributed by atoms with E-state index in [0.29, 0.717) is 33.0 Å². The predicted octanol–water partition coefficient (Wildman–Crippen LogP) is 4.21. The molecule has 3 N–H and O–H groups in total. The number of nitrogens with zero attached hydrogens (tertiary/aromatic N) is 6. The molecular weight excluding hydrogens is 527 g/mol.